The summed E-state index contributed by atoms with van der Waals surface area (Å²) in [6.07, 6.45) is 0.325. The van der Waals surface area contributed by atoms with Crippen LogP contribution in [0, 0.1) is 0 Å². The molecule has 26 heavy (non-hydrogen) atoms. The largest absolute Gasteiger partial charge is 0.464 e. The summed E-state index contributed by atoms with van der Waals surface area (Å²) in [5.74, 6) is -0.689. The van der Waals surface area contributed by atoms with Gasteiger partial charge in [0.15, 0.2) is 6.10 Å². The van der Waals surface area contributed by atoms with Gasteiger partial charge < -0.3 is 4.74 Å². The second-order valence-corrected chi connectivity index (χ2v) is 7.63. The number of carbonyl (C=O) groups excluding carboxylic acids is 1. The number of benzene rings is 2. The van der Waals surface area contributed by atoms with E-state index in [0.717, 1.165) is 5.56 Å². The van der Waals surface area contributed by atoms with E-state index >= 15 is 0 Å². The van der Waals surface area contributed by atoms with E-state index < -0.39 is 22.2 Å². The molecule has 7 heteroatoms. The molecule has 0 saturated heterocycles. The molecule has 0 aliphatic rings. The average Bonchev–Trinajstić information content (AvgIpc) is 2.62. The Hall–Kier alpha value is -1.89. The van der Waals surface area contributed by atoms with Crippen molar-refractivity contribution in [1.29, 1.82) is 0 Å². The molecule has 0 aromatic heterocycles. The highest BCUT2D eigenvalue weighted by molar-refractivity contribution is 7.86. The number of ether oxygens (including phenoxy) is 1. The lowest BCUT2D eigenvalue weighted by Crippen LogP contribution is -2.29. The molecule has 0 aliphatic carbocycles. The van der Waals surface area contributed by atoms with Gasteiger partial charge in [0.25, 0.3) is 10.1 Å². The maximum Gasteiger partial charge on any atom is 0.336 e. The van der Waals surface area contributed by atoms with Crippen LogP contribution in [0.2, 0.25) is 5.02 Å². The smallest absolute Gasteiger partial charge is 0.336 e. The van der Waals surface area contributed by atoms with Crippen molar-refractivity contribution in [2.45, 2.75) is 37.2 Å². The lowest BCUT2D eigenvalue weighted by molar-refractivity contribution is -0.151. The second kappa shape index (κ2) is 9.71. The first kappa shape index (κ1) is 20.4. The summed E-state index contributed by atoms with van der Waals surface area (Å²) in [4.78, 5) is 12.0. The number of aryl methyl sites for hydroxylation is 1. The van der Waals surface area contributed by atoms with E-state index in [1.807, 2.05) is 30.3 Å². The van der Waals surface area contributed by atoms with E-state index in [2.05, 4.69) is 0 Å². The van der Waals surface area contributed by atoms with Crippen LogP contribution >= 0.6 is 11.6 Å². The van der Waals surface area contributed by atoms with Gasteiger partial charge in [-0.1, -0.05) is 48.0 Å². The fourth-order valence-corrected chi connectivity index (χ4v) is 3.77. The number of hydrogen-bond donors (Lipinski definition) is 0. The number of carbonyl (C=O) groups is 1. The molecule has 0 heterocycles. The van der Waals surface area contributed by atoms with Gasteiger partial charge in [0.2, 0.25) is 0 Å². The Morgan fingerprint density at radius 1 is 1.12 bits per heavy atom. The molecule has 0 saturated carbocycles. The Morgan fingerprint density at radius 3 is 2.50 bits per heavy atom. The van der Waals surface area contributed by atoms with Gasteiger partial charge in [-0.2, -0.15) is 8.42 Å². The van der Waals surface area contributed by atoms with E-state index in [9.17, 15) is 13.2 Å². The van der Waals surface area contributed by atoms with E-state index in [1.54, 1.807) is 13.0 Å². The maximum atomic E-state index is 12.4. The van der Waals surface area contributed by atoms with Crippen LogP contribution < -0.4 is 0 Å². The summed E-state index contributed by atoms with van der Waals surface area (Å²) in [6.45, 7) is 1.80. The molecule has 0 fully saturated rings. The molecule has 2 aromatic carbocycles. The molecular formula is C19H21ClO5S. The van der Waals surface area contributed by atoms with Crippen molar-refractivity contribution in [2.24, 2.45) is 0 Å². The van der Waals surface area contributed by atoms with Crippen LogP contribution in [0.5, 0.6) is 0 Å². The predicted molar refractivity (Wildman–Crippen MR) is 99.5 cm³/mol. The normalized spacial score (nSPS) is 12.5. The molecule has 1 atom stereocenters. The minimum absolute atomic E-state index is 0.0950. The first-order chi connectivity index (χ1) is 12.4. The highest BCUT2D eigenvalue weighted by atomic mass is 35.5. The van der Waals surface area contributed by atoms with Crippen molar-refractivity contribution in [3.63, 3.8) is 0 Å². The molecule has 0 N–H and O–H groups in total. The number of halogens is 1. The number of hydrogen-bond acceptors (Lipinski definition) is 5. The van der Waals surface area contributed by atoms with Crippen molar-refractivity contribution in [2.75, 3.05) is 6.61 Å². The van der Waals surface area contributed by atoms with Crippen LogP contribution in [0.25, 0.3) is 0 Å². The summed E-state index contributed by atoms with van der Waals surface area (Å²) < 4.78 is 35.0. The Labute approximate surface area is 159 Å². The van der Waals surface area contributed by atoms with Gasteiger partial charge in [-0.25, -0.2) is 4.79 Å². The molecule has 0 radical (unpaired) electrons. The van der Waals surface area contributed by atoms with E-state index in [1.165, 1.54) is 18.2 Å². The number of rotatable bonds is 9. The van der Waals surface area contributed by atoms with Crippen molar-refractivity contribution in [3.05, 3.63) is 65.2 Å². The van der Waals surface area contributed by atoms with Gasteiger partial charge >= 0.3 is 5.97 Å². The third-order valence-corrected chi connectivity index (χ3v) is 5.20. The summed E-state index contributed by atoms with van der Waals surface area (Å²) in [6, 6.07) is 15.4. The Morgan fingerprint density at radius 2 is 1.85 bits per heavy atom. The summed E-state index contributed by atoms with van der Waals surface area (Å²) in [5.41, 5.74) is 1.10. The summed E-state index contributed by atoms with van der Waals surface area (Å²) in [7, 11) is -4.13. The molecule has 0 aliphatic heterocycles. The highest BCUT2D eigenvalue weighted by Gasteiger charge is 2.28. The average molecular weight is 397 g/mol. The quantitative estimate of drug-likeness (QED) is 0.473. The molecule has 2 aromatic rings. The molecule has 0 bridgehead atoms. The summed E-state index contributed by atoms with van der Waals surface area (Å²) in [5, 5.41) is 0.270. The van der Waals surface area contributed by atoms with Gasteiger partial charge in [0.1, 0.15) is 0 Å². The van der Waals surface area contributed by atoms with Gasteiger partial charge in [-0.05, 0) is 49.9 Å². The predicted octanol–water partition coefficient (Wildman–Crippen LogP) is 4.00. The molecule has 2 rings (SSSR count). The second-order valence-electron chi connectivity index (χ2n) is 5.63. The van der Waals surface area contributed by atoms with Crippen LogP contribution in [-0.4, -0.2) is 27.1 Å². The Bertz CT molecular complexity index is 821. The Kier molecular flexibility index (Phi) is 7.63. The minimum atomic E-state index is -4.13. The van der Waals surface area contributed by atoms with Gasteiger partial charge in [0, 0.05) is 5.02 Å². The van der Waals surface area contributed by atoms with E-state index in [-0.39, 0.29) is 22.9 Å². The zero-order valence-electron chi connectivity index (χ0n) is 14.4. The lowest BCUT2D eigenvalue weighted by Gasteiger charge is -2.16. The maximum absolute atomic E-state index is 12.4. The monoisotopic (exact) mass is 396 g/mol. The lowest BCUT2D eigenvalue weighted by atomic mass is 10.1. The van der Waals surface area contributed by atoms with Crippen LogP contribution in [0.15, 0.2) is 59.5 Å². The highest BCUT2D eigenvalue weighted by Crippen LogP contribution is 2.21. The molecule has 0 spiro atoms. The van der Waals surface area contributed by atoms with Gasteiger partial charge in [0.05, 0.1) is 11.5 Å². The SMILES string of the molecule is CCOC(=O)[C@@H](CCCc1ccccc1)OS(=O)(=O)c1cccc(Cl)c1. The third-order valence-electron chi connectivity index (χ3n) is 3.65. The van der Waals surface area contributed by atoms with Crippen LogP contribution in [0.3, 0.4) is 0 Å². The Balaban J connectivity index is 2.07. The molecule has 140 valence electrons. The zero-order valence-corrected chi connectivity index (χ0v) is 16.0. The van der Waals surface area contributed by atoms with Crippen LogP contribution in [0.1, 0.15) is 25.3 Å². The molecular weight excluding hydrogens is 376 g/mol. The topological polar surface area (TPSA) is 69.7 Å². The first-order valence-corrected chi connectivity index (χ1v) is 10.1. The number of esters is 1. The van der Waals surface area contributed by atoms with E-state index in [4.69, 9.17) is 20.5 Å². The van der Waals surface area contributed by atoms with Crippen LogP contribution in [0.4, 0.5) is 0 Å². The fourth-order valence-electron chi connectivity index (χ4n) is 2.41. The van der Waals surface area contributed by atoms with Crippen LogP contribution in [-0.2, 0) is 30.3 Å². The zero-order chi connectivity index (χ0) is 19.0. The fraction of sp³-hybridized carbons (Fsp3) is 0.316. The molecule has 5 nitrogen and oxygen atoms in total. The molecule has 0 unspecified atom stereocenters. The first-order valence-electron chi connectivity index (χ1n) is 8.32. The van der Waals surface area contributed by atoms with Crippen molar-refractivity contribution in [1.82, 2.24) is 0 Å². The van der Waals surface area contributed by atoms with Crippen molar-refractivity contribution in [3.8, 4) is 0 Å². The van der Waals surface area contributed by atoms with Gasteiger partial charge in [-0.3, -0.25) is 4.18 Å². The third kappa shape index (κ3) is 6.12. The van der Waals surface area contributed by atoms with E-state index in [0.29, 0.717) is 12.8 Å². The molecule has 0 amide bonds. The standard InChI is InChI=1S/C19H21ClO5S/c1-2-24-19(21)18(13-6-10-15-8-4-3-5-9-15)25-26(22,23)17-12-7-11-16(20)14-17/h3-5,7-9,11-12,14,18H,2,6,10,13H2,1H3/t18-/m1/s1. The summed E-state index contributed by atoms with van der Waals surface area (Å²) >= 11 is 5.84. The van der Waals surface area contributed by atoms with Gasteiger partial charge in [-0.15, -0.1) is 0 Å². The van der Waals surface area contributed by atoms with Crippen molar-refractivity contribution >= 4 is 27.7 Å². The van der Waals surface area contributed by atoms with Crippen molar-refractivity contribution < 1.29 is 22.1 Å². The minimum Gasteiger partial charge on any atom is -0.464 e.